The van der Waals surface area contributed by atoms with E-state index in [2.05, 4.69) is 0 Å². The molecule has 202 valence electrons. The van der Waals surface area contributed by atoms with Crippen LogP contribution in [-0.2, 0) is 14.3 Å². The van der Waals surface area contributed by atoms with Crippen LogP contribution in [0, 0.1) is 29.1 Å². The van der Waals surface area contributed by atoms with E-state index in [-0.39, 0.29) is 13.0 Å². The zero-order valence-corrected chi connectivity index (χ0v) is 22.5. The van der Waals surface area contributed by atoms with Gasteiger partial charge in [-0.2, -0.15) is 0 Å². The molecule has 0 amide bonds. The van der Waals surface area contributed by atoms with Gasteiger partial charge in [0.1, 0.15) is 17.2 Å². The number of esters is 1. The zero-order chi connectivity index (χ0) is 26.7. The molecule has 7 atom stereocenters. The third-order valence-corrected chi connectivity index (χ3v) is 10.3. The summed E-state index contributed by atoms with van der Waals surface area (Å²) in [5.41, 5.74) is 2.26. The molecule has 0 spiro atoms. The Kier molecular flexibility index (Phi) is 7.13. The minimum atomic E-state index is -1.81. The second-order valence-corrected chi connectivity index (χ2v) is 12.9. The summed E-state index contributed by atoms with van der Waals surface area (Å²) in [4.78, 5) is 26.3. The molecule has 0 aromatic carbocycles. The predicted molar refractivity (Wildman–Crippen MR) is 137 cm³/mol. The van der Waals surface area contributed by atoms with Crippen molar-refractivity contribution in [3.8, 4) is 0 Å². The van der Waals surface area contributed by atoms with E-state index in [0.29, 0.717) is 29.9 Å². The summed E-state index contributed by atoms with van der Waals surface area (Å²) in [7, 11) is 0. The third-order valence-electron chi connectivity index (χ3n) is 10.3. The van der Waals surface area contributed by atoms with Gasteiger partial charge in [-0.1, -0.05) is 65.0 Å². The molecule has 4 rings (SSSR count). The number of aliphatic hydroxyl groups excluding tert-OH is 1. The van der Waals surface area contributed by atoms with E-state index in [1.54, 1.807) is 13.0 Å². The summed E-state index contributed by atoms with van der Waals surface area (Å²) in [5, 5.41) is 34.1. The average Bonchev–Trinajstić information content (AvgIpc) is 2.98. The molecule has 2 saturated carbocycles. The number of ether oxygens (including phenoxy) is 1. The summed E-state index contributed by atoms with van der Waals surface area (Å²) < 4.78 is 6.24. The van der Waals surface area contributed by atoms with E-state index in [0.717, 1.165) is 12.8 Å². The Hall–Kier alpha value is -1.54. The Balaban J connectivity index is 1.67. The first kappa shape index (κ1) is 27.5. The third kappa shape index (κ3) is 4.11. The molecule has 0 radical (unpaired) electrons. The number of aliphatic hydroxyl groups is 3. The van der Waals surface area contributed by atoms with Crippen molar-refractivity contribution in [2.45, 2.75) is 109 Å². The minimum absolute atomic E-state index is 0.0365. The molecular weight excluding hydrogens is 458 g/mol. The lowest BCUT2D eigenvalue weighted by molar-refractivity contribution is -0.246. The lowest BCUT2D eigenvalue weighted by Crippen LogP contribution is -2.69. The van der Waals surface area contributed by atoms with Gasteiger partial charge in [-0.3, -0.25) is 9.59 Å². The first-order valence-corrected chi connectivity index (χ1v) is 13.7. The Bertz CT molecular complexity index is 965. The molecule has 0 unspecified atom stereocenters. The molecule has 0 aromatic rings. The van der Waals surface area contributed by atoms with Crippen molar-refractivity contribution in [1.82, 2.24) is 0 Å². The Morgan fingerprint density at radius 1 is 1.14 bits per heavy atom. The standard InChI is InChI=1S/C29H45NO6/c1-17-11-23-28(34,24(17)32)15-20(16-31)13-22-26(3,4)27(5,14-18(2)29(22,23)35)36-25(33)21(30)12-19-9-7-6-8-10-19/h11,13,18-19,21-23,31,34-35H,6-10,12,14-16,30H2,1-5H3/t18-,21-,22+,23-,27-,28-,29-/m1/s1. The zero-order valence-electron chi connectivity index (χ0n) is 22.5. The number of Topliss-reactive ketones (excluding diaryl/α,β-unsaturated/α-hetero) is 1. The first-order chi connectivity index (χ1) is 16.7. The minimum Gasteiger partial charge on any atom is -0.458 e. The molecule has 7 nitrogen and oxygen atoms in total. The van der Waals surface area contributed by atoms with Gasteiger partial charge >= 0.3 is 5.97 Å². The van der Waals surface area contributed by atoms with Crippen LogP contribution < -0.4 is 5.73 Å². The lowest BCUT2D eigenvalue weighted by Gasteiger charge is -2.61. The maximum Gasteiger partial charge on any atom is 0.323 e. The highest BCUT2D eigenvalue weighted by atomic mass is 16.6. The van der Waals surface area contributed by atoms with Crippen molar-refractivity contribution in [1.29, 1.82) is 0 Å². The fourth-order valence-electron chi connectivity index (χ4n) is 7.82. The van der Waals surface area contributed by atoms with Crippen LogP contribution in [0.15, 0.2) is 23.3 Å². The fraction of sp³-hybridized carbons (Fsp3) is 0.793. The van der Waals surface area contributed by atoms with E-state index in [4.69, 9.17) is 10.5 Å². The predicted octanol–water partition coefficient (Wildman–Crippen LogP) is 3.20. The summed E-state index contributed by atoms with van der Waals surface area (Å²) in [6.45, 7) is 9.03. The van der Waals surface area contributed by atoms with E-state index >= 15 is 0 Å². The molecule has 5 N–H and O–H groups in total. The topological polar surface area (TPSA) is 130 Å². The van der Waals surface area contributed by atoms with E-state index in [9.17, 15) is 24.9 Å². The van der Waals surface area contributed by atoms with Gasteiger partial charge in [0.15, 0.2) is 5.78 Å². The molecule has 7 heteroatoms. The van der Waals surface area contributed by atoms with Gasteiger partial charge in [0.2, 0.25) is 0 Å². The molecule has 0 bridgehead atoms. The highest BCUT2D eigenvalue weighted by Crippen LogP contribution is 2.63. The molecule has 0 saturated heterocycles. The van der Waals surface area contributed by atoms with Crippen LogP contribution in [0.25, 0.3) is 0 Å². The highest BCUT2D eigenvalue weighted by molar-refractivity contribution is 6.04. The largest absolute Gasteiger partial charge is 0.458 e. The van der Waals surface area contributed by atoms with Crippen LogP contribution in [0.5, 0.6) is 0 Å². The monoisotopic (exact) mass is 503 g/mol. The molecule has 0 aliphatic heterocycles. The number of carbonyl (C=O) groups is 2. The van der Waals surface area contributed by atoms with Crippen molar-refractivity contribution < 1.29 is 29.6 Å². The molecule has 2 fully saturated rings. The smallest absolute Gasteiger partial charge is 0.323 e. The number of hydrogen-bond donors (Lipinski definition) is 4. The van der Waals surface area contributed by atoms with Crippen LogP contribution in [0.3, 0.4) is 0 Å². The van der Waals surface area contributed by atoms with Crippen LogP contribution in [0.4, 0.5) is 0 Å². The number of carbonyl (C=O) groups excluding carboxylic acids is 2. The highest BCUT2D eigenvalue weighted by Gasteiger charge is 2.69. The second kappa shape index (κ2) is 9.33. The van der Waals surface area contributed by atoms with Crippen molar-refractivity contribution in [2.24, 2.45) is 34.8 Å². The van der Waals surface area contributed by atoms with E-state index in [1.807, 2.05) is 33.8 Å². The van der Waals surface area contributed by atoms with Gasteiger partial charge in [0, 0.05) is 23.7 Å². The molecule has 0 aromatic heterocycles. The van der Waals surface area contributed by atoms with Crippen LogP contribution in [-0.4, -0.2) is 56.5 Å². The summed E-state index contributed by atoms with van der Waals surface area (Å²) in [6, 6.07) is -0.697. The van der Waals surface area contributed by atoms with Gasteiger partial charge in [-0.05, 0) is 49.7 Å². The maximum atomic E-state index is 13.3. The Morgan fingerprint density at radius 3 is 2.39 bits per heavy atom. The molecule has 0 heterocycles. The molecule has 4 aliphatic carbocycles. The van der Waals surface area contributed by atoms with Gasteiger partial charge in [0.25, 0.3) is 0 Å². The SMILES string of the molecule is CC1=C[C@H]2[C@@]3(O)[C@H](C)C[C@@](C)(OC(=O)[C@H](N)CC4CCCCC4)C(C)(C)[C@@H]3C=C(CO)C[C@]2(O)C1=O. The molecule has 36 heavy (non-hydrogen) atoms. The van der Waals surface area contributed by atoms with Gasteiger partial charge in [-0.15, -0.1) is 0 Å². The quantitative estimate of drug-likeness (QED) is 0.335. The summed E-state index contributed by atoms with van der Waals surface area (Å²) in [5.74, 6) is -2.20. The Morgan fingerprint density at radius 2 is 1.78 bits per heavy atom. The first-order valence-electron chi connectivity index (χ1n) is 13.7. The van der Waals surface area contributed by atoms with Crippen LogP contribution in [0.2, 0.25) is 0 Å². The lowest BCUT2D eigenvalue weighted by atomic mass is 9.48. The normalized spacial score (nSPS) is 41.5. The number of nitrogens with two attached hydrogens (primary N) is 1. The summed E-state index contributed by atoms with van der Waals surface area (Å²) >= 11 is 0. The van der Waals surface area contributed by atoms with E-state index < -0.39 is 57.8 Å². The van der Waals surface area contributed by atoms with Crippen molar-refractivity contribution in [2.75, 3.05) is 6.61 Å². The van der Waals surface area contributed by atoms with Crippen LogP contribution >= 0.6 is 0 Å². The fourth-order valence-corrected chi connectivity index (χ4v) is 7.82. The van der Waals surface area contributed by atoms with Crippen LogP contribution in [0.1, 0.15) is 86.0 Å². The number of rotatable bonds is 5. The van der Waals surface area contributed by atoms with Crippen molar-refractivity contribution in [3.63, 3.8) is 0 Å². The van der Waals surface area contributed by atoms with Crippen molar-refractivity contribution in [3.05, 3.63) is 23.3 Å². The molecular formula is C29H45NO6. The Labute approximate surface area is 215 Å². The van der Waals surface area contributed by atoms with Gasteiger partial charge in [-0.25, -0.2) is 0 Å². The van der Waals surface area contributed by atoms with E-state index in [1.165, 1.54) is 19.3 Å². The summed E-state index contributed by atoms with van der Waals surface area (Å²) in [6.07, 6.45) is 10.2. The second-order valence-electron chi connectivity index (χ2n) is 12.9. The number of hydrogen-bond acceptors (Lipinski definition) is 7. The molecule has 4 aliphatic rings. The maximum absolute atomic E-state index is 13.3. The number of fused-ring (bicyclic) bond motifs is 3. The number of ketones is 1. The average molecular weight is 504 g/mol. The van der Waals surface area contributed by atoms with Gasteiger partial charge in [0.05, 0.1) is 12.2 Å². The van der Waals surface area contributed by atoms with Gasteiger partial charge < -0.3 is 25.8 Å². The van der Waals surface area contributed by atoms with Crippen molar-refractivity contribution >= 4 is 11.8 Å².